The molecule has 104 valence electrons. The first kappa shape index (κ1) is 14.3. The van der Waals surface area contributed by atoms with Gasteiger partial charge in [-0.25, -0.2) is 0 Å². The van der Waals surface area contributed by atoms with Gasteiger partial charge in [0.15, 0.2) is 0 Å². The van der Waals surface area contributed by atoms with Crippen LogP contribution in [0.4, 0.5) is 18.9 Å². The summed E-state index contributed by atoms with van der Waals surface area (Å²) in [4.78, 5) is 4.40. The fraction of sp³-hybridized carbons (Fsp3) is 0.188. The van der Waals surface area contributed by atoms with Crippen LogP contribution in [0.3, 0.4) is 0 Å². The minimum absolute atomic E-state index is 0.649. The third kappa shape index (κ3) is 3.47. The summed E-state index contributed by atoms with van der Waals surface area (Å²) in [5, 5.41) is 0. The number of benzene rings is 2. The van der Waals surface area contributed by atoms with Crippen molar-refractivity contribution < 1.29 is 13.2 Å². The van der Waals surface area contributed by atoms with Crippen molar-refractivity contribution in [1.29, 1.82) is 0 Å². The highest BCUT2D eigenvalue weighted by Crippen LogP contribution is 2.29. The number of alkyl halides is 3. The third-order valence-electron chi connectivity index (χ3n) is 2.96. The van der Waals surface area contributed by atoms with Crippen LogP contribution in [-0.2, 0) is 6.18 Å². The molecule has 0 atom stereocenters. The molecule has 0 heterocycles. The molecule has 0 aliphatic heterocycles. The Bertz CT molecular complexity index is 608. The normalized spacial score (nSPS) is 12.6. The second-order valence-corrected chi connectivity index (χ2v) is 4.61. The predicted molar refractivity (Wildman–Crippen MR) is 74.5 cm³/mol. The summed E-state index contributed by atoms with van der Waals surface area (Å²) < 4.78 is 37.4. The number of aliphatic imine (C=N–C) groups is 1. The molecule has 0 aliphatic rings. The van der Waals surface area contributed by atoms with Crippen LogP contribution in [0.15, 0.2) is 53.5 Å². The Labute approximate surface area is 115 Å². The number of hydrogen-bond acceptors (Lipinski definition) is 1. The summed E-state index contributed by atoms with van der Waals surface area (Å²) in [6.45, 7) is 3.76. The lowest BCUT2D eigenvalue weighted by atomic mass is 10.1. The molecule has 0 saturated carbocycles. The Balaban J connectivity index is 2.25. The number of aryl methyl sites for hydroxylation is 1. The lowest BCUT2D eigenvalue weighted by Gasteiger charge is -2.07. The molecular weight excluding hydrogens is 263 g/mol. The zero-order valence-electron chi connectivity index (χ0n) is 11.2. The smallest absolute Gasteiger partial charge is 0.253 e. The summed E-state index contributed by atoms with van der Waals surface area (Å²) in [5.74, 6) is 0. The summed E-state index contributed by atoms with van der Waals surface area (Å²) in [7, 11) is 0. The first-order chi connectivity index (χ1) is 9.36. The standard InChI is InChI=1S/C16H14F3N/c1-11-3-9-15(10-4-11)20-12(2)13-5-7-14(8-6-13)16(17,18)19/h3-10H,1-2H3. The van der Waals surface area contributed by atoms with E-state index in [0.29, 0.717) is 11.3 Å². The van der Waals surface area contributed by atoms with Crippen molar-refractivity contribution in [1.82, 2.24) is 0 Å². The minimum Gasteiger partial charge on any atom is -0.253 e. The Morgan fingerprint density at radius 1 is 0.900 bits per heavy atom. The maximum Gasteiger partial charge on any atom is 0.416 e. The van der Waals surface area contributed by atoms with Gasteiger partial charge < -0.3 is 0 Å². The van der Waals surface area contributed by atoms with Gasteiger partial charge in [0.2, 0.25) is 0 Å². The molecule has 20 heavy (non-hydrogen) atoms. The first-order valence-corrected chi connectivity index (χ1v) is 6.16. The second kappa shape index (κ2) is 5.49. The van der Waals surface area contributed by atoms with Crippen LogP contribution in [0.25, 0.3) is 0 Å². The van der Waals surface area contributed by atoms with Crippen molar-refractivity contribution in [3.05, 3.63) is 65.2 Å². The van der Waals surface area contributed by atoms with Gasteiger partial charge in [0.05, 0.1) is 11.3 Å². The number of rotatable bonds is 2. The Morgan fingerprint density at radius 2 is 1.45 bits per heavy atom. The van der Waals surface area contributed by atoms with Crippen LogP contribution < -0.4 is 0 Å². The van der Waals surface area contributed by atoms with Gasteiger partial charge in [-0.1, -0.05) is 29.8 Å². The molecule has 2 aromatic carbocycles. The summed E-state index contributed by atoms with van der Waals surface area (Å²) in [5.41, 5.74) is 2.63. The van der Waals surface area contributed by atoms with Gasteiger partial charge in [-0.15, -0.1) is 0 Å². The molecule has 1 nitrogen and oxygen atoms in total. The van der Waals surface area contributed by atoms with E-state index in [1.807, 2.05) is 31.2 Å². The van der Waals surface area contributed by atoms with Crippen LogP contribution in [-0.4, -0.2) is 5.71 Å². The van der Waals surface area contributed by atoms with E-state index in [1.54, 1.807) is 6.92 Å². The van der Waals surface area contributed by atoms with Crippen LogP contribution in [0.2, 0.25) is 0 Å². The molecule has 0 aromatic heterocycles. The van der Waals surface area contributed by atoms with E-state index >= 15 is 0 Å². The highest BCUT2D eigenvalue weighted by Gasteiger charge is 2.29. The average Bonchev–Trinajstić information content (AvgIpc) is 2.40. The topological polar surface area (TPSA) is 12.4 Å². The van der Waals surface area contributed by atoms with Gasteiger partial charge >= 0.3 is 6.18 Å². The quantitative estimate of drug-likeness (QED) is 0.673. The number of nitrogens with zero attached hydrogens (tertiary/aromatic N) is 1. The van der Waals surface area contributed by atoms with Gasteiger partial charge in [-0.2, -0.15) is 13.2 Å². The molecule has 0 N–H and O–H groups in total. The van der Waals surface area contributed by atoms with Gasteiger partial charge in [-0.05, 0) is 43.7 Å². The highest BCUT2D eigenvalue weighted by atomic mass is 19.4. The summed E-state index contributed by atoms with van der Waals surface area (Å²) in [6.07, 6.45) is -4.31. The number of halogens is 3. The van der Waals surface area contributed by atoms with Crippen LogP contribution >= 0.6 is 0 Å². The van der Waals surface area contributed by atoms with E-state index in [0.717, 1.165) is 23.4 Å². The largest absolute Gasteiger partial charge is 0.416 e. The summed E-state index contributed by atoms with van der Waals surface area (Å²) >= 11 is 0. The van der Waals surface area contributed by atoms with Crippen LogP contribution in [0.1, 0.15) is 23.6 Å². The van der Waals surface area contributed by atoms with E-state index in [2.05, 4.69) is 4.99 Å². The second-order valence-electron chi connectivity index (χ2n) is 4.61. The molecule has 0 aliphatic carbocycles. The Kier molecular flexibility index (Phi) is 3.93. The van der Waals surface area contributed by atoms with E-state index in [1.165, 1.54) is 12.1 Å². The van der Waals surface area contributed by atoms with Crippen molar-refractivity contribution in [3.8, 4) is 0 Å². The van der Waals surface area contributed by atoms with E-state index in [-0.39, 0.29) is 0 Å². The fourth-order valence-corrected chi connectivity index (χ4v) is 1.78. The Hall–Kier alpha value is -2.10. The van der Waals surface area contributed by atoms with E-state index in [4.69, 9.17) is 0 Å². The zero-order valence-corrected chi connectivity index (χ0v) is 11.2. The molecule has 0 saturated heterocycles. The molecule has 0 amide bonds. The monoisotopic (exact) mass is 277 g/mol. The van der Waals surface area contributed by atoms with E-state index < -0.39 is 11.7 Å². The van der Waals surface area contributed by atoms with Crippen LogP contribution in [0.5, 0.6) is 0 Å². The van der Waals surface area contributed by atoms with Gasteiger partial charge in [0.1, 0.15) is 0 Å². The van der Waals surface area contributed by atoms with E-state index in [9.17, 15) is 13.2 Å². The molecule has 0 spiro atoms. The molecular formula is C16H14F3N. The SMILES string of the molecule is CC(=Nc1ccc(C)cc1)c1ccc(C(F)(F)F)cc1. The maximum atomic E-state index is 12.5. The van der Waals surface area contributed by atoms with Crippen molar-refractivity contribution >= 4 is 11.4 Å². The molecule has 0 fully saturated rings. The van der Waals surface area contributed by atoms with Gasteiger partial charge in [0.25, 0.3) is 0 Å². The van der Waals surface area contributed by atoms with Crippen molar-refractivity contribution in [3.63, 3.8) is 0 Å². The number of hydrogen-bond donors (Lipinski definition) is 0. The molecule has 2 rings (SSSR count). The van der Waals surface area contributed by atoms with Gasteiger partial charge in [-0.3, -0.25) is 4.99 Å². The highest BCUT2D eigenvalue weighted by molar-refractivity contribution is 6.00. The van der Waals surface area contributed by atoms with Crippen molar-refractivity contribution in [2.24, 2.45) is 4.99 Å². The lowest BCUT2D eigenvalue weighted by molar-refractivity contribution is -0.137. The molecule has 0 radical (unpaired) electrons. The fourth-order valence-electron chi connectivity index (χ4n) is 1.78. The van der Waals surface area contributed by atoms with Crippen molar-refractivity contribution in [2.45, 2.75) is 20.0 Å². The summed E-state index contributed by atoms with van der Waals surface area (Å²) in [6, 6.07) is 12.7. The minimum atomic E-state index is -4.31. The molecule has 4 heteroatoms. The lowest BCUT2D eigenvalue weighted by Crippen LogP contribution is -2.05. The van der Waals surface area contributed by atoms with Crippen molar-refractivity contribution in [2.75, 3.05) is 0 Å². The predicted octanol–water partition coefficient (Wildman–Crippen LogP) is 5.15. The molecule has 0 unspecified atom stereocenters. The average molecular weight is 277 g/mol. The molecule has 0 bridgehead atoms. The zero-order chi connectivity index (χ0) is 14.8. The first-order valence-electron chi connectivity index (χ1n) is 6.16. The van der Waals surface area contributed by atoms with Gasteiger partial charge in [0, 0.05) is 5.71 Å². The third-order valence-corrected chi connectivity index (χ3v) is 2.96. The van der Waals surface area contributed by atoms with Crippen LogP contribution in [0, 0.1) is 6.92 Å². The molecule has 2 aromatic rings. The maximum absolute atomic E-state index is 12.5. The Morgan fingerprint density at radius 3 is 1.95 bits per heavy atom.